The molecule has 2 aliphatic heterocycles. The highest BCUT2D eigenvalue weighted by atomic mass is 32.2. The molecule has 108 valence electrons. The molecule has 2 heterocycles. The molecule has 0 aromatic heterocycles. The van der Waals surface area contributed by atoms with Gasteiger partial charge in [0.15, 0.2) is 0 Å². The number of rotatable bonds is 4. The first-order valence-electron chi connectivity index (χ1n) is 7.22. The average molecular weight is 284 g/mol. The summed E-state index contributed by atoms with van der Waals surface area (Å²) in [4.78, 5) is 26.1. The SMILES string of the molecule is CC(C)CC1NC(=O)CCN(CC2CCSC2)C1=O. The number of amides is 2. The molecular formula is C14H24N2O2S. The van der Waals surface area contributed by atoms with E-state index in [-0.39, 0.29) is 17.9 Å². The lowest BCUT2D eigenvalue weighted by Crippen LogP contribution is -2.46. The van der Waals surface area contributed by atoms with Crippen molar-refractivity contribution in [3.8, 4) is 0 Å². The highest BCUT2D eigenvalue weighted by Gasteiger charge is 2.31. The second kappa shape index (κ2) is 6.64. The summed E-state index contributed by atoms with van der Waals surface area (Å²) >= 11 is 1.97. The zero-order chi connectivity index (χ0) is 13.8. The first-order valence-corrected chi connectivity index (χ1v) is 8.37. The highest BCUT2D eigenvalue weighted by Crippen LogP contribution is 2.25. The van der Waals surface area contributed by atoms with Gasteiger partial charge in [-0.25, -0.2) is 0 Å². The lowest BCUT2D eigenvalue weighted by atomic mass is 10.0. The predicted octanol–water partition coefficient (Wildman–Crippen LogP) is 1.50. The van der Waals surface area contributed by atoms with E-state index in [1.807, 2.05) is 16.7 Å². The average Bonchev–Trinajstić information content (AvgIpc) is 2.80. The Morgan fingerprint density at radius 2 is 2.21 bits per heavy atom. The molecule has 2 rings (SSSR count). The maximum Gasteiger partial charge on any atom is 0.245 e. The minimum absolute atomic E-state index is 0.0160. The summed E-state index contributed by atoms with van der Waals surface area (Å²) in [6.07, 6.45) is 2.38. The molecule has 2 aliphatic rings. The Kier molecular flexibility index (Phi) is 5.13. The summed E-state index contributed by atoms with van der Waals surface area (Å²) in [6.45, 7) is 5.58. The van der Waals surface area contributed by atoms with Gasteiger partial charge in [0.2, 0.25) is 11.8 Å². The molecular weight excluding hydrogens is 260 g/mol. The molecule has 0 aromatic rings. The molecule has 2 amide bonds. The molecule has 5 heteroatoms. The zero-order valence-electron chi connectivity index (χ0n) is 11.9. The fourth-order valence-electron chi connectivity index (χ4n) is 2.75. The number of hydrogen-bond donors (Lipinski definition) is 1. The van der Waals surface area contributed by atoms with Crippen molar-refractivity contribution >= 4 is 23.6 Å². The third-order valence-electron chi connectivity index (χ3n) is 3.76. The number of carbonyl (C=O) groups excluding carboxylic acids is 2. The number of hydrogen-bond acceptors (Lipinski definition) is 3. The van der Waals surface area contributed by atoms with Crippen molar-refractivity contribution in [2.24, 2.45) is 11.8 Å². The number of nitrogens with zero attached hydrogens (tertiary/aromatic N) is 1. The lowest BCUT2D eigenvalue weighted by Gasteiger charge is -2.27. The van der Waals surface area contributed by atoms with E-state index in [4.69, 9.17) is 0 Å². The maximum absolute atomic E-state index is 12.5. The Balaban J connectivity index is 2.00. The summed E-state index contributed by atoms with van der Waals surface area (Å²) in [5, 5.41) is 2.88. The van der Waals surface area contributed by atoms with Crippen LogP contribution >= 0.6 is 11.8 Å². The minimum atomic E-state index is -0.316. The van der Waals surface area contributed by atoms with E-state index in [1.54, 1.807) is 0 Å². The van der Waals surface area contributed by atoms with E-state index in [2.05, 4.69) is 19.2 Å². The van der Waals surface area contributed by atoms with Crippen LogP contribution in [-0.2, 0) is 9.59 Å². The second-order valence-electron chi connectivity index (χ2n) is 6.01. The molecule has 19 heavy (non-hydrogen) atoms. The predicted molar refractivity (Wildman–Crippen MR) is 78.0 cm³/mol. The fraction of sp³-hybridized carbons (Fsp3) is 0.857. The summed E-state index contributed by atoms with van der Waals surface area (Å²) in [6, 6.07) is -0.316. The van der Waals surface area contributed by atoms with Gasteiger partial charge in [0.1, 0.15) is 6.04 Å². The van der Waals surface area contributed by atoms with Crippen LogP contribution in [0.3, 0.4) is 0 Å². The van der Waals surface area contributed by atoms with Gasteiger partial charge in [0.25, 0.3) is 0 Å². The van der Waals surface area contributed by atoms with Gasteiger partial charge in [-0.15, -0.1) is 0 Å². The Labute approximate surface area is 119 Å². The van der Waals surface area contributed by atoms with Crippen LogP contribution in [0.5, 0.6) is 0 Å². The van der Waals surface area contributed by atoms with Crippen LogP contribution in [0.15, 0.2) is 0 Å². The van der Waals surface area contributed by atoms with Crippen molar-refractivity contribution in [1.82, 2.24) is 10.2 Å². The van der Waals surface area contributed by atoms with Gasteiger partial charge >= 0.3 is 0 Å². The van der Waals surface area contributed by atoms with E-state index >= 15 is 0 Å². The van der Waals surface area contributed by atoms with Gasteiger partial charge in [-0.1, -0.05) is 13.8 Å². The first kappa shape index (κ1) is 14.7. The summed E-state index contributed by atoms with van der Waals surface area (Å²) < 4.78 is 0. The molecule has 2 unspecified atom stereocenters. The standard InChI is InChI=1S/C14H24N2O2S/c1-10(2)7-12-14(18)16(5-3-13(17)15-12)8-11-4-6-19-9-11/h10-12H,3-9H2,1-2H3,(H,15,17). The quantitative estimate of drug-likeness (QED) is 0.851. The van der Waals surface area contributed by atoms with Crippen LogP contribution in [0.2, 0.25) is 0 Å². The Morgan fingerprint density at radius 1 is 1.42 bits per heavy atom. The third-order valence-corrected chi connectivity index (χ3v) is 4.99. The first-order chi connectivity index (χ1) is 9.06. The summed E-state index contributed by atoms with van der Waals surface area (Å²) in [7, 11) is 0. The molecule has 1 N–H and O–H groups in total. The monoisotopic (exact) mass is 284 g/mol. The zero-order valence-corrected chi connectivity index (χ0v) is 12.7. The molecule has 0 radical (unpaired) electrons. The normalized spacial score (nSPS) is 28.7. The number of nitrogens with one attached hydrogen (secondary N) is 1. The molecule has 2 atom stereocenters. The summed E-state index contributed by atoms with van der Waals surface area (Å²) in [5.41, 5.74) is 0. The minimum Gasteiger partial charge on any atom is -0.344 e. The van der Waals surface area contributed by atoms with Gasteiger partial charge in [0, 0.05) is 19.5 Å². The Hall–Kier alpha value is -0.710. The van der Waals surface area contributed by atoms with Gasteiger partial charge in [0.05, 0.1) is 0 Å². The molecule has 0 aliphatic carbocycles. The molecule has 2 fully saturated rings. The van der Waals surface area contributed by atoms with Crippen LogP contribution in [0.1, 0.15) is 33.1 Å². The van der Waals surface area contributed by atoms with Gasteiger partial charge in [-0.2, -0.15) is 11.8 Å². The summed E-state index contributed by atoms with van der Waals surface area (Å²) in [5.74, 6) is 3.52. The smallest absolute Gasteiger partial charge is 0.245 e. The topological polar surface area (TPSA) is 49.4 Å². The molecule has 2 saturated heterocycles. The fourth-order valence-corrected chi connectivity index (χ4v) is 4.02. The van der Waals surface area contributed by atoms with Crippen molar-refractivity contribution in [3.63, 3.8) is 0 Å². The molecule has 0 spiro atoms. The van der Waals surface area contributed by atoms with Crippen LogP contribution in [0.4, 0.5) is 0 Å². The van der Waals surface area contributed by atoms with Crippen LogP contribution < -0.4 is 5.32 Å². The van der Waals surface area contributed by atoms with E-state index < -0.39 is 0 Å². The molecule has 0 bridgehead atoms. The van der Waals surface area contributed by atoms with E-state index in [0.29, 0.717) is 24.8 Å². The van der Waals surface area contributed by atoms with Crippen molar-refractivity contribution in [2.75, 3.05) is 24.6 Å². The van der Waals surface area contributed by atoms with Crippen molar-refractivity contribution in [1.29, 1.82) is 0 Å². The van der Waals surface area contributed by atoms with Crippen LogP contribution in [-0.4, -0.2) is 47.4 Å². The second-order valence-corrected chi connectivity index (χ2v) is 7.16. The van der Waals surface area contributed by atoms with Crippen molar-refractivity contribution in [2.45, 2.75) is 39.2 Å². The molecule has 4 nitrogen and oxygen atoms in total. The van der Waals surface area contributed by atoms with E-state index in [9.17, 15) is 9.59 Å². The molecule has 0 aromatic carbocycles. The maximum atomic E-state index is 12.5. The van der Waals surface area contributed by atoms with E-state index in [0.717, 1.165) is 18.7 Å². The third kappa shape index (κ3) is 4.13. The lowest BCUT2D eigenvalue weighted by molar-refractivity contribution is -0.134. The van der Waals surface area contributed by atoms with Crippen molar-refractivity contribution in [3.05, 3.63) is 0 Å². The number of carbonyl (C=O) groups is 2. The Bertz CT molecular complexity index is 340. The van der Waals surface area contributed by atoms with Gasteiger partial charge < -0.3 is 10.2 Å². The largest absolute Gasteiger partial charge is 0.344 e. The van der Waals surface area contributed by atoms with E-state index in [1.165, 1.54) is 12.2 Å². The Morgan fingerprint density at radius 3 is 2.84 bits per heavy atom. The van der Waals surface area contributed by atoms with Crippen molar-refractivity contribution < 1.29 is 9.59 Å². The van der Waals surface area contributed by atoms with Gasteiger partial charge in [-0.05, 0) is 36.2 Å². The number of thioether (sulfide) groups is 1. The van der Waals surface area contributed by atoms with Gasteiger partial charge in [-0.3, -0.25) is 9.59 Å². The highest BCUT2D eigenvalue weighted by molar-refractivity contribution is 7.99. The molecule has 0 saturated carbocycles. The van der Waals surface area contributed by atoms with Crippen LogP contribution in [0.25, 0.3) is 0 Å². The van der Waals surface area contributed by atoms with Crippen LogP contribution in [0, 0.1) is 11.8 Å².